The van der Waals surface area contributed by atoms with E-state index in [2.05, 4.69) is 43.8 Å². The van der Waals surface area contributed by atoms with E-state index < -0.39 is 16.9 Å². The second-order valence-corrected chi connectivity index (χ2v) is 6.84. The fourth-order valence-corrected chi connectivity index (χ4v) is 3.57. The van der Waals surface area contributed by atoms with Crippen molar-refractivity contribution in [1.29, 1.82) is 0 Å². The van der Waals surface area contributed by atoms with Crippen LogP contribution in [-0.2, 0) is 4.79 Å². The highest BCUT2D eigenvalue weighted by Gasteiger charge is 2.33. The topological polar surface area (TPSA) is 102 Å². The number of halogens is 2. The zero-order valence-electron chi connectivity index (χ0n) is 12.9. The third-order valence-electron chi connectivity index (χ3n) is 3.46. The fraction of sp³-hybridized carbons (Fsp3) is 0. The Bertz CT molecular complexity index is 936. The van der Waals surface area contributed by atoms with E-state index in [1.807, 2.05) is 0 Å². The van der Waals surface area contributed by atoms with Crippen LogP contribution in [0.4, 0.5) is 16.2 Å². The predicted molar refractivity (Wildman–Crippen MR) is 100 cm³/mol. The fourth-order valence-electron chi connectivity index (χ4n) is 2.25. The highest BCUT2D eigenvalue weighted by atomic mass is 79.9. The van der Waals surface area contributed by atoms with Crippen molar-refractivity contribution in [3.63, 3.8) is 0 Å². The van der Waals surface area contributed by atoms with Crippen molar-refractivity contribution >= 4 is 55.2 Å². The number of non-ortho nitro benzene ring substituents is 1. The van der Waals surface area contributed by atoms with Crippen LogP contribution in [0, 0.1) is 10.1 Å². The number of carbonyl (C=O) groups excluding carboxylic acids is 2. The standard InChI is InChI=1S/C16H9Br2N3O5/c1-8-15(22)19-16(23)20(8)10-6-12(17)14(13(18)7-10)26-11-4-2-9(3-5-11)21(24)25/h2-7H,1H2,(H,19,22,23). The monoisotopic (exact) mass is 481 g/mol. The summed E-state index contributed by atoms with van der Waals surface area (Å²) in [5.74, 6) is 0.232. The number of urea groups is 1. The molecule has 1 N–H and O–H groups in total. The van der Waals surface area contributed by atoms with Gasteiger partial charge in [-0.05, 0) is 56.1 Å². The number of hydrogen-bond acceptors (Lipinski definition) is 5. The lowest BCUT2D eigenvalue weighted by Gasteiger charge is -2.17. The van der Waals surface area contributed by atoms with Gasteiger partial charge in [-0.25, -0.2) is 4.79 Å². The maximum Gasteiger partial charge on any atom is 0.333 e. The summed E-state index contributed by atoms with van der Waals surface area (Å²) in [7, 11) is 0. The molecule has 0 aromatic heterocycles. The molecule has 1 aliphatic rings. The summed E-state index contributed by atoms with van der Waals surface area (Å²) in [4.78, 5) is 34.8. The summed E-state index contributed by atoms with van der Waals surface area (Å²) in [6, 6.07) is 8.19. The third-order valence-corrected chi connectivity index (χ3v) is 4.64. The molecule has 26 heavy (non-hydrogen) atoms. The Labute approximate surface area is 163 Å². The van der Waals surface area contributed by atoms with E-state index in [1.165, 1.54) is 24.3 Å². The van der Waals surface area contributed by atoms with E-state index in [-0.39, 0.29) is 11.4 Å². The molecular weight excluding hydrogens is 474 g/mol. The van der Waals surface area contributed by atoms with Gasteiger partial charge in [0.05, 0.1) is 19.6 Å². The summed E-state index contributed by atoms with van der Waals surface area (Å²) in [6.45, 7) is 3.59. The first-order valence-electron chi connectivity index (χ1n) is 7.03. The quantitative estimate of drug-likeness (QED) is 0.299. The molecule has 1 heterocycles. The number of anilines is 1. The average molecular weight is 483 g/mol. The molecule has 8 nitrogen and oxygen atoms in total. The van der Waals surface area contributed by atoms with Crippen LogP contribution in [-0.4, -0.2) is 16.9 Å². The van der Waals surface area contributed by atoms with Crippen molar-refractivity contribution < 1.29 is 19.2 Å². The van der Waals surface area contributed by atoms with Crippen LogP contribution in [0.3, 0.4) is 0 Å². The lowest BCUT2D eigenvalue weighted by molar-refractivity contribution is -0.384. The van der Waals surface area contributed by atoms with Crippen molar-refractivity contribution in [2.45, 2.75) is 0 Å². The molecular formula is C16H9Br2N3O5. The number of amides is 3. The van der Waals surface area contributed by atoms with Crippen LogP contribution >= 0.6 is 31.9 Å². The minimum atomic E-state index is -0.595. The van der Waals surface area contributed by atoms with Gasteiger partial charge in [-0.2, -0.15) is 0 Å². The van der Waals surface area contributed by atoms with Crippen molar-refractivity contribution in [3.8, 4) is 11.5 Å². The lowest BCUT2D eigenvalue weighted by atomic mass is 10.2. The van der Waals surface area contributed by atoms with Crippen molar-refractivity contribution in [3.05, 3.63) is 67.7 Å². The Hall–Kier alpha value is -2.72. The van der Waals surface area contributed by atoms with E-state index in [9.17, 15) is 19.7 Å². The van der Waals surface area contributed by atoms with Gasteiger partial charge in [0.15, 0.2) is 5.75 Å². The van der Waals surface area contributed by atoms with Crippen LogP contribution in [0.25, 0.3) is 0 Å². The van der Waals surface area contributed by atoms with Crippen LogP contribution in [0.15, 0.2) is 57.6 Å². The summed E-state index contributed by atoms with van der Waals surface area (Å²) in [5.41, 5.74) is 0.375. The van der Waals surface area contributed by atoms with Crippen molar-refractivity contribution in [2.24, 2.45) is 0 Å². The number of ether oxygens (including phenoxy) is 1. The molecule has 3 amide bonds. The summed E-state index contributed by atoms with van der Waals surface area (Å²) in [5, 5.41) is 12.9. The number of nitro benzene ring substituents is 1. The third kappa shape index (κ3) is 3.33. The Morgan fingerprint density at radius 3 is 2.15 bits per heavy atom. The smallest absolute Gasteiger partial charge is 0.333 e. The van der Waals surface area contributed by atoms with E-state index in [1.54, 1.807) is 12.1 Å². The van der Waals surface area contributed by atoms with Gasteiger partial charge < -0.3 is 4.74 Å². The normalized spacial score (nSPS) is 13.8. The Balaban J connectivity index is 1.90. The van der Waals surface area contributed by atoms with E-state index in [0.29, 0.717) is 26.1 Å². The molecule has 132 valence electrons. The van der Waals surface area contributed by atoms with Crippen molar-refractivity contribution in [2.75, 3.05) is 4.90 Å². The number of carbonyl (C=O) groups is 2. The minimum absolute atomic E-state index is 0.0119. The molecule has 1 saturated heterocycles. The zero-order valence-corrected chi connectivity index (χ0v) is 16.0. The zero-order chi connectivity index (χ0) is 19.0. The number of rotatable bonds is 4. The number of imide groups is 1. The van der Waals surface area contributed by atoms with E-state index in [4.69, 9.17) is 4.74 Å². The van der Waals surface area contributed by atoms with Gasteiger partial charge >= 0.3 is 6.03 Å². The van der Waals surface area contributed by atoms with Crippen LogP contribution in [0.5, 0.6) is 11.5 Å². The van der Waals surface area contributed by atoms with Crippen molar-refractivity contribution in [1.82, 2.24) is 5.32 Å². The van der Waals surface area contributed by atoms with Gasteiger partial charge in [-0.1, -0.05) is 6.58 Å². The molecule has 1 fully saturated rings. The largest absolute Gasteiger partial charge is 0.455 e. The second-order valence-electron chi connectivity index (χ2n) is 5.13. The van der Waals surface area contributed by atoms with Gasteiger partial charge in [0.2, 0.25) is 0 Å². The number of nitrogens with one attached hydrogen (secondary N) is 1. The molecule has 0 radical (unpaired) electrons. The van der Waals surface area contributed by atoms with Gasteiger partial charge in [0, 0.05) is 12.1 Å². The first kappa shape index (κ1) is 18.1. The van der Waals surface area contributed by atoms with Gasteiger partial charge in [-0.3, -0.25) is 25.1 Å². The summed E-state index contributed by atoms with van der Waals surface area (Å²) in [6.07, 6.45) is 0. The number of nitro groups is 1. The van der Waals surface area contributed by atoms with Crippen LogP contribution < -0.4 is 15.0 Å². The predicted octanol–water partition coefficient (Wildman–Crippen LogP) is 4.48. The second kappa shape index (κ2) is 6.89. The molecule has 3 rings (SSSR count). The molecule has 0 atom stereocenters. The van der Waals surface area contributed by atoms with Crippen LogP contribution in [0.1, 0.15) is 0 Å². The Morgan fingerprint density at radius 1 is 1.12 bits per heavy atom. The lowest BCUT2D eigenvalue weighted by Crippen LogP contribution is -2.27. The maximum absolute atomic E-state index is 11.9. The summed E-state index contributed by atoms with van der Waals surface area (Å²) < 4.78 is 6.74. The molecule has 2 aromatic rings. The molecule has 2 aromatic carbocycles. The van der Waals surface area contributed by atoms with E-state index >= 15 is 0 Å². The number of benzene rings is 2. The number of nitrogens with zero attached hydrogens (tertiary/aromatic N) is 2. The minimum Gasteiger partial charge on any atom is -0.455 e. The molecule has 0 saturated carbocycles. The van der Waals surface area contributed by atoms with Crippen LogP contribution in [0.2, 0.25) is 0 Å². The number of hydrogen-bond donors (Lipinski definition) is 1. The molecule has 0 bridgehead atoms. The molecule has 10 heteroatoms. The van der Waals surface area contributed by atoms with E-state index in [0.717, 1.165) is 4.90 Å². The average Bonchev–Trinajstić information content (AvgIpc) is 2.83. The first-order chi connectivity index (χ1) is 12.3. The Kier molecular flexibility index (Phi) is 4.79. The maximum atomic E-state index is 11.9. The van der Waals surface area contributed by atoms with Gasteiger partial charge in [0.25, 0.3) is 11.6 Å². The first-order valence-corrected chi connectivity index (χ1v) is 8.62. The summed E-state index contributed by atoms with van der Waals surface area (Å²) >= 11 is 6.72. The highest BCUT2D eigenvalue weighted by Crippen LogP contribution is 2.41. The molecule has 0 unspecified atom stereocenters. The van der Waals surface area contributed by atoms with Gasteiger partial charge in [-0.15, -0.1) is 0 Å². The Morgan fingerprint density at radius 2 is 1.69 bits per heavy atom. The highest BCUT2D eigenvalue weighted by molar-refractivity contribution is 9.11. The molecule has 1 aliphatic heterocycles. The molecule has 0 aliphatic carbocycles. The SMILES string of the molecule is C=C1C(=O)NC(=O)N1c1cc(Br)c(Oc2ccc([N+](=O)[O-])cc2)c(Br)c1. The van der Waals surface area contributed by atoms with Gasteiger partial charge in [0.1, 0.15) is 11.4 Å². The molecule has 0 spiro atoms.